The molecule has 2 saturated heterocycles. The number of thioether (sulfide) groups is 1. The van der Waals surface area contributed by atoms with Crippen LogP contribution in [0.1, 0.15) is 6.92 Å². The van der Waals surface area contributed by atoms with Crippen molar-refractivity contribution in [3.8, 4) is 5.75 Å². The first-order chi connectivity index (χ1) is 9.50. The Morgan fingerprint density at radius 2 is 2.05 bits per heavy atom. The molecule has 3 rings (SSSR count). The van der Waals surface area contributed by atoms with Crippen molar-refractivity contribution in [1.29, 1.82) is 0 Å². The molecule has 0 amide bonds. The fraction of sp³-hybridized carbons (Fsp3) is 0.462. The molecule has 0 radical (unpaired) electrons. The van der Waals surface area contributed by atoms with Gasteiger partial charge in [0.2, 0.25) is 0 Å². The first-order valence-corrected chi connectivity index (χ1v) is 9.54. The molecule has 0 N–H and O–H groups in total. The maximum Gasteiger partial charge on any atom is 0.153 e. The predicted molar refractivity (Wildman–Crippen MR) is 86.5 cm³/mol. The quantitative estimate of drug-likeness (QED) is 0.792. The van der Waals surface area contributed by atoms with E-state index in [0.29, 0.717) is 6.61 Å². The van der Waals surface area contributed by atoms with Crippen molar-refractivity contribution >= 4 is 43.8 Å². The number of benzene rings is 1. The van der Waals surface area contributed by atoms with Gasteiger partial charge in [0.15, 0.2) is 9.84 Å². The second kappa shape index (κ2) is 5.20. The minimum absolute atomic E-state index is 0.0320. The second-order valence-electron chi connectivity index (χ2n) is 4.86. The molecule has 0 aliphatic carbocycles. The van der Waals surface area contributed by atoms with E-state index in [1.165, 1.54) is 11.8 Å². The third-order valence-corrected chi connectivity index (χ3v) is 7.07. The van der Waals surface area contributed by atoms with Crippen molar-refractivity contribution < 1.29 is 13.2 Å². The number of nitrogens with zero attached hydrogens (tertiary/aromatic N) is 1. The van der Waals surface area contributed by atoms with Crippen molar-refractivity contribution in [1.82, 2.24) is 0 Å². The van der Waals surface area contributed by atoms with Crippen LogP contribution in [0.5, 0.6) is 5.75 Å². The fourth-order valence-corrected chi connectivity index (χ4v) is 7.01. The number of hydrogen-bond acceptors (Lipinski definition) is 5. The first kappa shape index (κ1) is 14.2. The standard InChI is InChI=1S/C13H15NO3S3/c1-2-17-10-5-3-9(4-6-10)14-11-7-20(15,16)8-12(11)19-13(14)18/h3-6,11-12H,2,7-8H2,1H3/t11-,12+/m0/s1. The van der Waals surface area contributed by atoms with Crippen LogP contribution < -0.4 is 9.64 Å². The topological polar surface area (TPSA) is 46.6 Å². The van der Waals surface area contributed by atoms with E-state index in [2.05, 4.69) is 0 Å². The highest BCUT2D eigenvalue weighted by atomic mass is 32.2. The summed E-state index contributed by atoms with van der Waals surface area (Å²) in [6.07, 6.45) is 0. The molecular formula is C13H15NO3S3. The third kappa shape index (κ3) is 2.54. The summed E-state index contributed by atoms with van der Waals surface area (Å²) in [5.41, 5.74) is 0.940. The highest BCUT2D eigenvalue weighted by Crippen LogP contribution is 2.41. The van der Waals surface area contributed by atoms with Gasteiger partial charge in [-0.3, -0.25) is 0 Å². The number of hydrogen-bond donors (Lipinski definition) is 0. The van der Waals surface area contributed by atoms with Gasteiger partial charge in [0.25, 0.3) is 0 Å². The maximum absolute atomic E-state index is 11.8. The van der Waals surface area contributed by atoms with Gasteiger partial charge in [-0.05, 0) is 31.2 Å². The molecule has 0 saturated carbocycles. The van der Waals surface area contributed by atoms with Gasteiger partial charge in [0.1, 0.15) is 10.1 Å². The SMILES string of the molecule is CCOc1ccc(N2C(=S)S[C@@H]3CS(=O)(=O)C[C@@H]32)cc1. The van der Waals surface area contributed by atoms with E-state index in [-0.39, 0.29) is 22.8 Å². The first-order valence-electron chi connectivity index (χ1n) is 6.43. The number of sulfone groups is 1. The second-order valence-corrected chi connectivity index (χ2v) is 8.89. The van der Waals surface area contributed by atoms with Crippen LogP contribution in [-0.2, 0) is 9.84 Å². The van der Waals surface area contributed by atoms with E-state index in [0.717, 1.165) is 15.8 Å². The van der Waals surface area contributed by atoms with Crippen LogP contribution in [0.4, 0.5) is 5.69 Å². The summed E-state index contributed by atoms with van der Waals surface area (Å²) in [6, 6.07) is 7.62. The van der Waals surface area contributed by atoms with Gasteiger partial charge < -0.3 is 9.64 Å². The lowest BCUT2D eigenvalue weighted by molar-refractivity contribution is 0.340. The zero-order chi connectivity index (χ0) is 14.3. The van der Waals surface area contributed by atoms with Gasteiger partial charge in [0, 0.05) is 10.9 Å². The average Bonchev–Trinajstić information content (AvgIpc) is 2.81. The Bertz CT molecular complexity index is 627. The Hall–Kier alpha value is -0.790. The molecule has 0 bridgehead atoms. The highest BCUT2D eigenvalue weighted by Gasteiger charge is 2.48. The van der Waals surface area contributed by atoms with Crippen LogP contribution in [0, 0.1) is 0 Å². The smallest absolute Gasteiger partial charge is 0.153 e. The summed E-state index contributed by atoms with van der Waals surface area (Å²) in [5, 5.41) is 0.0686. The van der Waals surface area contributed by atoms with Gasteiger partial charge in [-0.15, -0.1) is 0 Å². The summed E-state index contributed by atoms with van der Waals surface area (Å²) in [5.74, 6) is 1.23. The van der Waals surface area contributed by atoms with Gasteiger partial charge in [-0.25, -0.2) is 8.42 Å². The van der Waals surface area contributed by atoms with Crippen molar-refractivity contribution in [2.75, 3.05) is 23.0 Å². The Balaban J connectivity index is 1.87. The fourth-order valence-electron chi connectivity index (χ4n) is 2.64. The number of thiocarbonyl (C=S) groups is 1. The van der Waals surface area contributed by atoms with Gasteiger partial charge in [0.05, 0.1) is 24.2 Å². The summed E-state index contributed by atoms with van der Waals surface area (Å²) < 4.78 is 29.7. The summed E-state index contributed by atoms with van der Waals surface area (Å²) in [6.45, 7) is 2.56. The van der Waals surface area contributed by atoms with Crippen LogP contribution in [0.15, 0.2) is 24.3 Å². The summed E-state index contributed by atoms with van der Waals surface area (Å²) >= 11 is 6.90. The molecule has 108 valence electrons. The summed E-state index contributed by atoms with van der Waals surface area (Å²) in [7, 11) is -2.93. The molecule has 7 heteroatoms. The van der Waals surface area contributed by atoms with Gasteiger partial charge >= 0.3 is 0 Å². The van der Waals surface area contributed by atoms with Crippen LogP contribution in [0.2, 0.25) is 0 Å². The monoisotopic (exact) mass is 329 g/mol. The van der Waals surface area contributed by atoms with E-state index in [9.17, 15) is 8.42 Å². The van der Waals surface area contributed by atoms with Crippen molar-refractivity contribution in [2.24, 2.45) is 0 Å². The Kier molecular flexibility index (Phi) is 3.68. The number of anilines is 1. The van der Waals surface area contributed by atoms with E-state index in [1.807, 2.05) is 36.1 Å². The molecule has 2 aliphatic heterocycles. The van der Waals surface area contributed by atoms with E-state index < -0.39 is 9.84 Å². The highest BCUT2D eigenvalue weighted by molar-refractivity contribution is 8.24. The molecule has 4 nitrogen and oxygen atoms in total. The molecule has 1 aromatic rings. The van der Waals surface area contributed by atoms with Crippen LogP contribution >= 0.6 is 24.0 Å². The van der Waals surface area contributed by atoms with Crippen molar-refractivity contribution in [2.45, 2.75) is 18.2 Å². The molecular weight excluding hydrogens is 314 g/mol. The third-order valence-electron chi connectivity index (χ3n) is 3.48. The van der Waals surface area contributed by atoms with E-state index in [1.54, 1.807) is 0 Å². The minimum Gasteiger partial charge on any atom is -0.494 e. The molecule has 0 spiro atoms. The minimum atomic E-state index is -2.93. The maximum atomic E-state index is 11.8. The lowest BCUT2D eigenvalue weighted by atomic mass is 10.2. The molecule has 2 atom stereocenters. The lowest BCUT2D eigenvalue weighted by Crippen LogP contribution is -2.36. The molecule has 2 fully saturated rings. The van der Waals surface area contributed by atoms with Gasteiger partial charge in [-0.1, -0.05) is 24.0 Å². The average molecular weight is 329 g/mol. The molecule has 0 unspecified atom stereocenters. The van der Waals surface area contributed by atoms with Crippen molar-refractivity contribution in [3.05, 3.63) is 24.3 Å². The van der Waals surface area contributed by atoms with Crippen LogP contribution in [0.3, 0.4) is 0 Å². The predicted octanol–water partition coefficient (Wildman–Crippen LogP) is 2.09. The van der Waals surface area contributed by atoms with Crippen LogP contribution in [0.25, 0.3) is 0 Å². The molecule has 20 heavy (non-hydrogen) atoms. The number of rotatable bonds is 3. The Morgan fingerprint density at radius 3 is 2.70 bits per heavy atom. The van der Waals surface area contributed by atoms with E-state index in [4.69, 9.17) is 17.0 Å². The van der Waals surface area contributed by atoms with E-state index >= 15 is 0 Å². The lowest BCUT2D eigenvalue weighted by Gasteiger charge is -2.24. The normalized spacial score (nSPS) is 27.6. The zero-order valence-corrected chi connectivity index (χ0v) is 13.4. The number of ether oxygens (including phenoxy) is 1. The van der Waals surface area contributed by atoms with Crippen LogP contribution in [-0.4, -0.2) is 42.1 Å². The zero-order valence-electron chi connectivity index (χ0n) is 11.0. The van der Waals surface area contributed by atoms with Gasteiger partial charge in [-0.2, -0.15) is 0 Å². The summed E-state index contributed by atoms with van der Waals surface area (Å²) in [4.78, 5) is 1.98. The largest absolute Gasteiger partial charge is 0.494 e. The molecule has 2 aliphatic rings. The Morgan fingerprint density at radius 1 is 1.35 bits per heavy atom. The number of fused-ring (bicyclic) bond motifs is 1. The molecule has 0 aromatic heterocycles. The molecule has 1 aromatic carbocycles. The van der Waals surface area contributed by atoms with Crippen molar-refractivity contribution in [3.63, 3.8) is 0 Å². The Labute approximate surface area is 128 Å². The molecule has 2 heterocycles.